The zero-order valence-corrected chi connectivity index (χ0v) is 8.30. The molecule has 3 heteroatoms. The number of nitrogens with zero attached hydrogens (tertiary/aromatic N) is 2. The molecule has 0 saturated heterocycles. The fourth-order valence-electron chi connectivity index (χ4n) is 1.93. The number of hydrogen-bond acceptors (Lipinski definition) is 2. The van der Waals surface area contributed by atoms with Gasteiger partial charge in [0.2, 0.25) is 0 Å². The maximum absolute atomic E-state index is 5.68. The molecule has 1 aromatic rings. The summed E-state index contributed by atoms with van der Waals surface area (Å²) in [6, 6.07) is 2.02. The van der Waals surface area contributed by atoms with E-state index in [1.165, 1.54) is 31.4 Å². The van der Waals surface area contributed by atoms with Crippen LogP contribution in [-0.2, 0) is 5.88 Å². The predicted molar refractivity (Wildman–Crippen MR) is 52.8 cm³/mol. The number of alkyl halides is 1. The van der Waals surface area contributed by atoms with E-state index in [-0.39, 0.29) is 0 Å². The van der Waals surface area contributed by atoms with Crippen LogP contribution in [0.2, 0.25) is 0 Å². The molecule has 2 nitrogen and oxygen atoms in total. The molecule has 1 aromatic heterocycles. The molecule has 0 spiro atoms. The van der Waals surface area contributed by atoms with E-state index < -0.39 is 0 Å². The van der Waals surface area contributed by atoms with Gasteiger partial charge in [0.1, 0.15) is 5.82 Å². The van der Waals surface area contributed by atoms with Crippen molar-refractivity contribution in [1.29, 1.82) is 0 Å². The Hall–Kier alpha value is -0.630. The van der Waals surface area contributed by atoms with E-state index in [0.717, 1.165) is 5.82 Å². The third-order valence-corrected chi connectivity index (χ3v) is 2.86. The van der Waals surface area contributed by atoms with E-state index in [4.69, 9.17) is 11.6 Å². The minimum atomic E-state index is 0.417. The van der Waals surface area contributed by atoms with Gasteiger partial charge in [-0.3, -0.25) is 0 Å². The van der Waals surface area contributed by atoms with Crippen molar-refractivity contribution in [3.05, 3.63) is 23.8 Å². The van der Waals surface area contributed by atoms with Gasteiger partial charge in [-0.2, -0.15) is 0 Å². The van der Waals surface area contributed by atoms with Gasteiger partial charge in [-0.15, -0.1) is 11.6 Å². The normalized spacial score (nSPS) is 17.9. The minimum absolute atomic E-state index is 0.417. The summed E-state index contributed by atoms with van der Waals surface area (Å²) in [6.45, 7) is 0. The standard InChI is InChI=1S/C10H13ClN2/c11-7-10-12-6-5-9(13-10)8-3-1-2-4-8/h5-6,8H,1-4,7H2. The van der Waals surface area contributed by atoms with Crippen LogP contribution in [-0.4, -0.2) is 9.97 Å². The van der Waals surface area contributed by atoms with Crippen molar-refractivity contribution in [3.8, 4) is 0 Å². The summed E-state index contributed by atoms with van der Waals surface area (Å²) in [5.41, 5.74) is 1.18. The van der Waals surface area contributed by atoms with Crippen LogP contribution in [0.3, 0.4) is 0 Å². The Morgan fingerprint density at radius 1 is 1.38 bits per heavy atom. The second kappa shape index (κ2) is 4.05. The van der Waals surface area contributed by atoms with Gasteiger partial charge in [0, 0.05) is 17.8 Å². The van der Waals surface area contributed by atoms with Crippen LogP contribution >= 0.6 is 11.6 Å². The maximum Gasteiger partial charge on any atom is 0.143 e. The first-order chi connectivity index (χ1) is 6.40. The molecule has 0 N–H and O–H groups in total. The minimum Gasteiger partial charge on any atom is -0.240 e. The Kier molecular flexibility index (Phi) is 2.79. The zero-order valence-electron chi connectivity index (χ0n) is 7.54. The Balaban J connectivity index is 2.18. The SMILES string of the molecule is ClCc1nccc(C2CCCC2)n1. The van der Waals surface area contributed by atoms with E-state index in [1.54, 1.807) is 0 Å². The van der Waals surface area contributed by atoms with Crippen LogP contribution in [0.5, 0.6) is 0 Å². The van der Waals surface area contributed by atoms with Gasteiger partial charge < -0.3 is 0 Å². The van der Waals surface area contributed by atoms with Crippen LogP contribution in [0.1, 0.15) is 43.1 Å². The lowest BCUT2D eigenvalue weighted by Gasteiger charge is -2.07. The molecule has 1 saturated carbocycles. The molecule has 1 fully saturated rings. The number of rotatable bonds is 2. The van der Waals surface area contributed by atoms with Crippen LogP contribution in [0.25, 0.3) is 0 Å². The first-order valence-corrected chi connectivity index (χ1v) is 5.31. The summed E-state index contributed by atoms with van der Waals surface area (Å²) in [6.07, 6.45) is 7.05. The molecule has 13 heavy (non-hydrogen) atoms. The molecule has 1 aliphatic rings. The monoisotopic (exact) mass is 196 g/mol. The van der Waals surface area contributed by atoms with E-state index >= 15 is 0 Å². The van der Waals surface area contributed by atoms with Gasteiger partial charge >= 0.3 is 0 Å². The van der Waals surface area contributed by atoms with Gasteiger partial charge in [0.15, 0.2) is 0 Å². The van der Waals surface area contributed by atoms with Gasteiger partial charge in [0.25, 0.3) is 0 Å². The molecule has 0 amide bonds. The summed E-state index contributed by atoms with van der Waals surface area (Å²) < 4.78 is 0. The molecular formula is C10H13ClN2. The summed E-state index contributed by atoms with van der Waals surface area (Å²) in [4.78, 5) is 8.52. The molecule has 0 unspecified atom stereocenters. The van der Waals surface area contributed by atoms with Crippen LogP contribution < -0.4 is 0 Å². The summed E-state index contributed by atoms with van der Waals surface area (Å²) in [5.74, 6) is 1.83. The second-order valence-electron chi connectivity index (χ2n) is 3.51. The van der Waals surface area contributed by atoms with Gasteiger partial charge in [-0.1, -0.05) is 12.8 Å². The highest BCUT2D eigenvalue weighted by Gasteiger charge is 2.18. The predicted octanol–water partition coefficient (Wildman–Crippen LogP) is 2.87. The molecule has 0 bridgehead atoms. The molecule has 0 aromatic carbocycles. The lowest BCUT2D eigenvalue weighted by Crippen LogP contribution is -2.00. The van der Waals surface area contributed by atoms with Crippen molar-refractivity contribution < 1.29 is 0 Å². The molecule has 0 radical (unpaired) electrons. The molecule has 70 valence electrons. The van der Waals surface area contributed by atoms with Crippen LogP contribution in [0.4, 0.5) is 0 Å². The topological polar surface area (TPSA) is 25.8 Å². The molecule has 2 rings (SSSR count). The van der Waals surface area contributed by atoms with E-state index in [1.807, 2.05) is 12.3 Å². The molecule has 1 aliphatic carbocycles. The Morgan fingerprint density at radius 2 is 2.15 bits per heavy atom. The highest BCUT2D eigenvalue weighted by molar-refractivity contribution is 6.16. The summed E-state index contributed by atoms with van der Waals surface area (Å²) in [7, 11) is 0. The van der Waals surface area contributed by atoms with Gasteiger partial charge in [0.05, 0.1) is 5.88 Å². The highest BCUT2D eigenvalue weighted by Crippen LogP contribution is 2.32. The van der Waals surface area contributed by atoms with Crippen LogP contribution in [0, 0.1) is 0 Å². The van der Waals surface area contributed by atoms with Crippen molar-refractivity contribution in [2.24, 2.45) is 0 Å². The smallest absolute Gasteiger partial charge is 0.143 e. The number of hydrogen-bond donors (Lipinski definition) is 0. The Labute approximate surface area is 83.4 Å². The molecule has 0 aliphatic heterocycles. The van der Waals surface area contributed by atoms with E-state index in [2.05, 4.69) is 9.97 Å². The summed E-state index contributed by atoms with van der Waals surface area (Å²) in [5, 5.41) is 0. The van der Waals surface area contributed by atoms with Crippen molar-refractivity contribution in [1.82, 2.24) is 9.97 Å². The number of halogens is 1. The first-order valence-electron chi connectivity index (χ1n) is 4.78. The fourth-order valence-corrected chi connectivity index (χ4v) is 2.06. The lowest BCUT2D eigenvalue weighted by atomic mass is 10.0. The molecular weight excluding hydrogens is 184 g/mol. The van der Waals surface area contributed by atoms with Crippen molar-refractivity contribution in [2.45, 2.75) is 37.5 Å². The fraction of sp³-hybridized carbons (Fsp3) is 0.600. The highest BCUT2D eigenvalue weighted by atomic mass is 35.5. The quantitative estimate of drug-likeness (QED) is 0.680. The van der Waals surface area contributed by atoms with E-state index in [9.17, 15) is 0 Å². The third kappa shape index (κ3) is 1.99. The maximum atomic E-state index is 5.68. The summed E-state index contributed by atoms with van der Waals surface area (Å²) >= 11 is 5.68. The lowest BCUT2D eigenvalue weighted by molar-refractivity contribution is 0.688. The molecule has 1 heterocycles. The Morgan fingerprint density at radius 3 is 2.85 bits per heavy atom. The first kappa shape index (κ1) is 8.95. The second-order valence-corrected chi connectivity index (χ2v) is 3.78. The Bertz CT molecular complexity index is 282. The largest absolute Gasteiger partial charge is 0.240 e. The van der Waals surface area contributed by atoms with Crippen molar-refractivity contribution >= 4 is 11.6 Å². The number of aromatic nitrogens is 2. The van der Waals surface area contributed by atoms with Gasteiger partial charge in [-0.05, 0) is 18.9 Å². The average molecular weight is 197 g/mol. The van der Waals surface area contributed by atoms with Gasteiger partial charge in [-0.25, -0.2) is 9.97 Å². The van der Waals surface area contributed by atoms with E-state index in [0.29, 0.717) is 11.8 Å². The third-order valence-electron chi connectivity index (χ3n) is 2.62. The average Bonchev–Trinajstić information content (AvgIpc) is 2.71. The molecule has 0 atom stereocenters. The zero-order chi connectivity index (χ0) is 9.10. The van der Waals surface area contributed by atoms with Crippen molar-refractivity contribution in [2.75, 3.05) is 0 Å². The van der Waals surface area contributed by atoms with Crippen molar-refractivity contribution in [3.63, 3.8) is 0 Å². The van der Waals surface area contributed by atoms with Crippen LogP contribution in [0.15, 0.2) is 12.3 Å².